The van der Waals surface area contributed by atoms with Gasteiger partial charge in [0.15, 0.2) is 11.6 Å². The van der Waals surface area contributed by atoms with Crippen molar-refractivity contribution in [1.29, 1.82) is 0 Å². The summed E-state index contributed by atoms with van der Waals surface area (Å²) in [4.78, 5) is 9.20. The lowest BCUT2D eigenvalue weighted by atomic mass is 9.95. The van der Waals surface area contributed by atoms with E-state index in [0.29, 0.717) is 24.1 Å². The molecular formula is C21H22F2N4. The molecule has 140 valence electrons. The summed E-state index contributed by atoms with van der Waals surface area (Å²) < 4.78 is 26.5. The Balaban J connectivity index is 1.57. The highest BCUT2D eigenvalue weighted by atomic mass is 19.2. The average molecular weight is 368 g/mol. The van der Waals surface area contributed by atoms with Crippen molar-refractivity contribution in [3.8, 4) is 0 Å². The van der Waals surface area contributed by atoms with Gasteiger partial charge in [0.05, 0.1) is 5.52 Å². The lowest BCUT2D eigenvalue weighted by Gasteiger charge is -2.24. The monoisotopic (exact) mass is 368 g/mol. The van der Waals surface area contributed by atoms with Crippen LogP contribution < -0.4 is 10.6 Å². The molecule has 1 heterocycles. The summed E-state index contributed by atoms with van der Waals surface area (Å²) in [5, 5.41) is 7.69. The van der Waals surface area contributed by atoms with Gasteiger partial charge in [0, 0.05) is 18.0 Å². The van der Waals surface area contributed by atoms with Gasteiger partial charge in [-0.1, -0.05) is 37.5 Å². The topological polar surface area (TPSA) is 49.8 Å². The minimum Gasteiger partial charge on any atom is -0.367 e. The minimum atomic E-state index is -0.853. The van der Waals surface area contributed by atoms with E-state index in [9.17, 15) is 8.78 Å². The van der Waals surface area contributed by atoms with Gasteiger partial charge in [-0.15, -0.1) is 0 Å². The number of benzene rings is 2. The molecule has 0 atom stereocenters. The molecule has 6 heteroatoms. The van der Waals surface area contributed by atoms with Gasteiger partial charge < -0.3 is 10.6 Å². The fourth-order valence-electron chi connectivity index (χ4n) is 3.54. The van der Waals surface area contributed by atoms with Crippen molar-refractivity contribution in [3.63, 3.8) is 0 Å². The third-order valence-corrected chi connectivity index (χ3v) is 4.98. The Morgan fingerprint density at radius 3 is 2.56 bits per heavy atom. The Kier molecular flexibility index (Phi) is 5.14. The first-order valence-corrected chi connectivity index (χ1v) is 9.40. The Morgan fingerprint density at radius 2 is 1.74 bits per heavy atom. The first-order valence-electron chi connectivity index (χ1n) is 9.40. The maximum atomic E-state index is 13.4. The first kappa shape index (κ1) is 17.6. The summed E-state index contributed by atoms with van der Waals surface area (Å²) >= 11 is 0. The van der Waals surface area contributed by atoms with Crippen LogP contribution in [0.3, 0.4) is 0 Å². The summed E-state index contributed by atoms with van der Waals surface area (Å²) in [6, 6.07) is 12.2. The van der Waals surface area contributed by atoms with E-state index in [-0.39, 0.29) is 0 Å². The van der Waals surface area contributed by atoms with Crippen LogP contribution in [0.25, 0.3) is 10.9 Å². The molecule has 2 N–H and O–H groups in total. The maximum Gasteiger partial charge on any atom is 0.225 e. The molecule has 1 saturated carbocycles. The van der Waals surface area contributed by atoms with Crippen LogP contribution in [0.15, 0.2) is 42.5 Å². The van der Waals surface area contributed by atoms with Crippen LogP contribution in [0.5, 0.6) is 0 Å². The molecule has 1 aliphatic carbocycles. The van der Waals surface area contributed by atoms with Crippen molar-refractivity contribution >= 4 is 22.7 Å². The van der Waals surface area contributed by atoms with Crippen LogP contribution in [0.1, 0.15) is 37.7 Å². The zero-order chi connectivity index (χ0) is 18.6. The molecule has 1 aliphatic rings. The van der Waals surface area contributed by atoms with Crippen molar-refractivity contribution in [2.75, 3.05) is 10.6 Å². The number of hydrogen-bond donors (Lipinski definition) is 2. The summed E-state index contributed by atoms with van der Waals surface area (Å²) in [5.74, 6) is -0.412. The van der Waals surface area contributed by atoms with E-state index in [1.165, 1.54) is 25.3 Å². The molecule has 0 saturated heterocycles. The summed E-state index contributed by atoms with van der Waals surface area (Å²) in [7, 11) is 0. The number of rotatable bonds is 5. The molecule has 0 spiro atoms. The third kappa shape index (κ3) is 4.15. The highest BCUT2D eigenvalue weighted by Gasteiger charge is 2.16. The van der Waals surface area contributed by atoms with Gasteiger partial charge in [-0.25, -0.2) is 13.8 Å². The van der Waals surface area contributed by atoms with Gasteiger partial charge >= 0.3 is 0 Å². The molecule has 4 rings (SSSR count). The lowest BCUT2D eigenvalue weighted by Crippen LogP contribution is -2.23. The Bertz CT molecular complexity index is 939. The first-order chi connectivity index (χ1) is 13.2. The highest BCUT2D eigenvalue weighted by molar-refractivity contribution is 5.90. The van der Waals surface area contributed by atoms with Gasteiger partial charge in [0.2, 0.25) is 5.95 Å². The molecule has 0 unspecified atom stereocenters. The van der Waals surface area contributed by atoms with E-state index in [1.54, 1.807) is 6.07 Å². The summed E-state index contributed by atoms with van der Waals surface area (Å²) in [6.45, 7) is 0.318. The average Bonchev–Trinajstić information content (AvgIpc) is 2.70. The van der Waals surface area contributed by atoms with Gasteiger partial charge in [-0.05, 0) is 42.7 Å². The largest absolute Gasteiger partial charge is 0.367 e. The van der Waals surface area contributed by atoms with Crippen molar-refractivity contribution in [2.24, 2.45) is 0 Å². The SMILES string of the molecule is Fc1ccc(CNc2nc(NC3CCCCC3)c3ccccc3n2)cc1F. The van der Waals surface area contributed by atoms with Crippen LogP contribution in [-0.2, 0) is 6.54 Å². The second kappa shape index (κ2) is 7.86. The van der Waals surface area contributed by atoms with Gasteiger partial charge in [-0.3, -0.25) is 0 Å². The lowest BCUT2D eigenvalue weighted by molar-refractivity contribution is 0.462. The maximum absolute atomic E-state index is 13.4. The molecule has 3 aromatic rings. The van der Waals surface area contributed by atoms with E-state index in [1.807, 2.05) is 24.3 Å². The molecular weight excluding hydrogens is 346 g/mol. The van der Waals surface area contributed by atoms with E-state index in [0.717, 1.165) is 35.6 Å². The molecule has 1 fully saturated rings. The standard InChI is InChI=1S/C21H22F2N4/c22-17-11-10-14(12-18(17)23)13-24-21-26-19-9-5-4-8-16(19)20(27-21)25-15-6-2-1-3-7-15/h4-5,8-12,15H,1-3,6-7,13H2,(H2,24,25,26,27). The fraction of sp³-hybridized carbons (Fsp3) is 0.333. The van der Waals surface area contributed by atoms with Crippen molar-refractivity contribution in [2.45, 2.75) is 44.7 Å². The van der Waals surface area contributed by atoms with Gasteiger partial charge in [0.1, 0.15) is 5.82 Å². The van der Waals surface area contributed by atoms with Crippen molar-refractivity contribution in [1.82, 2.24) is 9.97 Å². The van der Waals surface area contributed by atoms with Crippen LogP contribution in [-0.4, -0.2) is 16.0 Å². The Labute approximate surface area is 157 Å². The zero-order valence-corrected chi connectivity index (χ0v) is 15.0. The van der Waals surface area contributed by atoms with Crippen molar-refractivity contribution < 1.29 is 8.78 Å². The Morgan fingerprint density at radius 1 is 0.926 bits per heavy atom. The molecule has 0 bridgehead atoms. The smallest absolute Gasteiger partial charge is 0.225 e. The van der Waals surface area contributed by atoms with Crippen LogP contribution in [0, 0.1) is 11.6 Å². The molecule has 1 aromatic heterocycles. The van der Waals surface area contributed by atoms with E-state index in [2.05, 4.69) is 20.6 Å². The number of nitrogens with zero attached hydrogens (tertiary/aromatic N) is 2. The molecule has 4 nitrogen and oxygen atoms in total. The van der Waals surface area contributed by atoms with E-state index in [4.69, 9.17) is 0 Å². The number of fused-ring (bicyclic) bond motifs is 1. The molecule has 2 aromatic carbocycles. The minimum absolute atomic E-state index is 0.318. The quantitative estimate of drug-likeness (QED) is 0.645. The summed E-state index contributed by atoms with van der Waals surface area (Å²) in [6.07, 6.45) is 6.07. The number of halogens is 2. The zero-order valence-electron chi connectivity index (χ0n) is 15.0. The molecule has 0 radical (unpaired) electrons. The molecule has 0 amide bonds. The normalized spacial score (nSPS) is 15.0. The van der Waals surface area contributed by atoms with Crippen LogP contribution >= 0.6 is 0 Å². The fourth-order valence-corrected chi connectivity index (χ4v) is 3.54. The van der Waals surface area contributed by atoms with Gasteiger partial charge in [-0.2, -0.15) is 4.98 Å². The van der Waals surface area contributed by atoms with E-state index >= 15 is 0 Å². The second-order valence-electron chi connectivity index (χ2n) is 6.99. The summed E-state index contributed by atoms with van der Waals surface area (Å²) in [5.41, 5.74) is 1.48. The van der Waals surface area contributed by atoms with Crippen LogP contribution in [0.2, 0.25) is 0 Å². The van der Waals surface area contributed by atoms with Crippen LogP contribution in [0.4, 0.5) is 20.5 Å². The predicted octanol–water partition coefficient (Wildman–Crippen LogP) is 5.26. The molecule has 0 aliphatic heterocycles. The number of para-hydroxylation sites is 1. The number of hydrogen-bond acceptors (Lipinski definition) is 4. The number of aromatic nitrogens is 2. The number of nitrogens with one attached hydrogen (secondary N) is 2. The predicted molar refractivity (Wildman–Crippen MR) is 104 cm³/mol. The van der Waals surface area contributed by atoms with Gasteiger partial charge in [0.25, 0.3) is 0 Å². The third-order valence-electron chi connectivity index (χ3n) is 4.98. The second-order valence-corrected chi connectivity index (χ2v) is 6.99. The number of anilines is 2. The Hall–Kier alpha value is -2.76. The molecule has 27 heavy (non-hydrogen) atoms. The van der Waals surface area contributed by atoms with Crippen molar-refractivity contribution in [3.05, 3.63) is 59.7 Å². The highest BCUT2D eigenvalue weighted by Crippen LogP contribution is 2.26. The van der Waals surface area contributed by atoms with E-state index < -0.39 is 11.6 Å².